The highest BCUT2D eigenvalue weighted by Crippen LogP contribution is 2.22. The van der Waals surface area contributed by atoms with Gasteiger partial charge in [-0.05, 0) is 13.0 Å². The van der Waals surface area contributed by atoms with E-state index in [-0.39, 0.29) is 5.91 Å². The third-order valence-corrected chi connectivity index (χ3v) is 3.06. The van der Waals surface area contributed by atoms with Crippen LogP contribution in [0.25, 0.3) is 10.9 Å². The fraction of sp³-hybridized carbons (Fsp3) is 0.143. The number of anilines is 1. The monoisotopic (exact) mass is 254 g/mol. The minimum Gasteiger partial charge on any atom is -0.359 e. The van der Waals surface area contributed by atoms with Gasteiger partial charge >= 0.3 is 0 Å². The predicted molar refractivity (Wildman–Crippen MR) is 74.2 cm³/mol. The molecule has 0 saturated carbocycles. The highest BCUT2D eigenvalue weighted by molar-refractivity contribution is 6.08. The summed E-state index contributed by atoms with van der Waals surface area (Å²) in [6.45, 7) is 2.73. The predicted octanol–water partition coefficient (Wildman–Crippen LogP) is 2.64. The number of rotatable bonds is 3. The average molecular weight is 254 g/mol. The summed E-state index contributed by atoms with van der Waals surface area (Å²) in [5.74, 6) is -0.149. The van der Waals surface area contributed by atoms with Crippen LogP contribution in [0.3, 0.4) is 0 Å². The van der Waals surface area contributed by atoms with E-state index in [9.17, 15) is 4.79 Å². The standard InChI is InChI=1S/C14H14N4O/c1-2-18-9-10(7-16-18)14(19)17-13-8-15-12-6-4-3-5-11(12)13/h3-9,15H,2H2,1H3,(H,17,19). The molecule has 2 N–H and O–H groups in total. The number of hydrogen-bond acceptors (Lipinski definition) is 2. The Morgan fingerprint density at radius 2 is 2.26 bits per heavy atom. The number of amides is 1. The van der Waals surface area contributed by atoms with Crippen LogP contribution in [0.4, 0.5) is 5.69 Å². The van der Waals surface area contributed by atoms with E-state index in [2.05, 4.69) is 15.4 Å². The van der Waals surface area contributed by atoms with Crippen molar-refractivity contribution >= 4 is 22.5 Å². The molecule has 2 aromatic heterocycles. The molecule has 2 heterocycles. The lowest BCUT2D eigenvalue weighted by Crippen LogP contribution is -2.10. The summed E-state index contributed by atoms with van der Waals surface area (Å²) in [7, 11) is 0. The minimum atomic E-state index is -0.149. The molecule has 0 saturated heterocycles. The molecule has 5 heteroatoms. The maximum absolute atomic E-state index is 12.1. The van der Waals surface area contributed by atoms with E-state index in [1.807, 2.05) is 31.2 Å². The van der Waals surface area contributed by atoms with Gasteiger partial charge in [-0.2, -0.15) is 5.10 Å². The van der Waals surface area contributed by atoms with Gasteiger partial charge in [-0.1, -0.05) is 18.2 Å². The molecular weight excluding hydrogens is 240 g/mol. The Hall–Kier alpha value is -2.56. The third-order valence-electron chi connectivity index (χ3n) is 3.06. The lowest BCUT2D eigenvalue weighted by atomic mass is 10.2. The number of aromatic nitrogens is 3. The van der Waals surface area contributed by atoms with E-state index in [4.69, 9.17) is 0 Å². The molecule has 0 bridgehead atoms. The average Bonchev–Trinajstić information content (AvgIpc) is 3.06. The zero-order chi connectivity index (χ0) is 13.2. The lowest BCUT2D eigenvalue weighted by molar-refractivity contribution is 0.102. The number of para-hydroxylation sites is 1. The molecule has 5 nitrogen and oxygen atoms in total. The van der Waals surface area contributed by atoms with E-state index < -0.39 is 0 Å². The Morgan fingerprint density at radius 1 is 1.42 bits per heavy atom. The van der Waals surface area contributed by atoms with Gasteiger partial charge in [0, 0.05) is 29.8 Å². The molecule has 0 aliphatic rings. The van der Waals surface area contributed by atoms with Gasteiger partial charge in [0.1, 0.15) is 0 Å². The smallest absolute Gasteiger partial charge is 0.258 e. The van der Waals surface area contributed by atoms with Crippen molar-refractivity contribution in [2.24, 2.45) is 0 Å². The first kappa shape index (κ1) is 11.5. The summed E-state index contributed by atoms with van der Waals surface area (Å²) in [4.78, 5) is 15.2. The number of fused-ring (bicyclic) bond motifs is 1. The van der Waals surface area contributed by atoms with Crippen LogP contribution in [0, 0.1) is 0 Å². The Morgan fingerprint density at radius 3 is 3.05 bits per heavy atom. The molecule has 0 atom stereocenters. The molecule has 0 unspecified atom stereocenters. The quantitative estimate of drug-likeness (QED) is 0.754. The van der Waals surface area contributed by atoms with E-state index in [0.717, 1.165) is 23.1 Å². The second-order valence-electron chi connectivity index (χ2n) is 4.29. The zero-order valence-corrected chi connectivity index (χ0v) is 10.6. The summed E-state index contributed by atoms with van der Waals surface area (Å²) in [6, 6.07) is 7.84. The van der Waals surface area contributed by atoms with E-state index in [1.54, 1.807) is 23.3 Å². The molecule has 0 spiro atoms. The van der Waals surface area contributed by atoms with Crippen molar-refractivity contribution in [3.05, 3.63) is 48.4 Å². The molecule has 0 radical (unpaired) electrons. The maximum Gasteiger partial charge on any atom is 0.258 e. The first-order chi connectivity index (χ1) is 9.28. The number of aromatic amines is 1. The van der Waals surface area contributed by atoms with E-state index >= 15 is 0 Å². The molecule has 3 aromatic rings. The topological polar surface area (TPSA) is 62.7 Å². The number of nitrogens with zero attached hydrogens (tertiary/aromatic N) is 2. The van der Waals surface area contributed by atoms with Gasteiger partial charge in [0.2, 0.25) is 0 Å². The van der Waals surface area contributed by atoms with Crippen LogP contribution >= 0.6 is 0 Å². The summed E-state index contributed by atoms with van der Waals surface area (Å²) < 4.78 is 1.73. The van der Waals surface area contributed by atoms with Gasteiger partial charge in [0.05, 0.1) is 17.4 Å². The van der Waals surface area contributed by atoms with Crippen molar-refractivity contribution in [3.63, 3.8) is 0 Å². The highest BCUT2D eigenvalue weighted by atomic mass is 16.1. The van der Waals surface area contributed by atoms with E-state index in [0.29, 0.717) is 5.56 Å². The Labute approximate surface area is 110 Å². The molecule has 3 rings (SSSR count). The Kier molecular flexibility index (Phi) is 2.79. The van der Waals surface area contributed by atoms with Crippen LogP contribution in [0.15, 0.2) is 42.9 Å². The SMILES string of the molecule is CCn1cc(C(=O)Nc2c[nH]c3ccccc23)cn1. The molecular formula is C14H14N4O. The van der Waals surface area contributed by atoms with Crippen molar-refractivity contribution in [2.45, 2.75) is 13.5 Å². The van der Waals surface area contributed by atoms with Crippen LogP contribution in [0.5, 0.6) is 0 Å². The molecule has 0 fully saturated rings. The van der Waals surface area contributed by atoms with Gasteiger partial charge in [-0.3, -0.25) is 9.48 Å². The first-order valence-corrected chi connectivity index (χ1v) is 6.18. The number of nitrogens with one attached hydrogen (secondary N) is 2. The number of benzene rings is 1. The van der Waals surface area contributed by atoms with Gasteiger partial charge in [0.15, 0.2) is 0 Å². The van der Waals surface area contributed by atoms with Gasteiger partial charge in [0.25, 0.3) is 5.91 Å². The van der Waals surface area contributed by atoms with Gasteiger partial charge in [-0.15, -0.1) is 0 Å². The fourth-order valence-corrected chi connectivity index (χ4v) is 2.02. The van der Waals surface area contributed by atoms with Crippen molar-refractivity contribution in [3.8, 4) is 0 Å². The second-order valence-corrected chi connectivity index (χ2v) is 4.29. The van der Waals surface area contributed by atoms with E-state index in [1.165, 1.54) is 0 Å². The molecule has 1 aromatic carbocycles. The number of H-pyrrole nitrogens is 1. The summed E-state index contributed by atoms with van der Waals surface area (Å²) in [5, 5.41) is 7.99. The van der Waals surface area contributed by atoms with Gasteiger partial charge in [-0.25, -0.2) is 0 Å². The largest absolute Gasteiger partial charge is 0.359 e. The van der Waals surface area contributed by atoms with Gasteiger partial charge < -0.3 is 10.3 Å². The zero-order valence-electron chi connectivity index (χ0n) is 10.6. The maximum atomic E-state index is 12.1. The van der Waals surface area contributed by atoms with Crippen LogP contribution in [-0.4, -0.2) is 20.7 Å². The normalized spacial score (nSPS) is 10.8. The highest BCUT2D eigenvalue weighted by Gasteiger charge is 2.11. The Balaban J connectivity index is 1.86. The second kappa shape index (κ2) is 4.61. The van der Waals surface area contributed by atoms with Crippen molar-refractivity contribution < 1.29 is 4.79 Å². The fourth-order valence-electron chi connectivity index (χ4n) is 2.02. The Bertz CT molecular complexity index is 726. The molecule has 1 amide bonds. The van der Waals surface area contributed by atoms with Crippen molar-refractivity contribution in [1.82, 2.24) is 14.8 Å². The summed E-state index contributed by atoms with van der Waals surface area (Å²) >= 11 is 0. The third kappa shape index (κ3) is 2.10. The number of hydrogen-bond donors (Lipinski definition) is 2. The molecule has 0 aliphatic carbocycles. The minimum absolute atomic E-state index is 0.149. The summed E-state index contributed by atoms with van der Waals surface area (Å²) in [6.07, 6.45) is 5.12. The van der Waals surface area contributed by atoms with Crippen LogP contribution < -0.4 is 5.32 Å². The molecule has 96 valence electrons. The lowest BCUT2D eigenvalue weighted by Gasteiger charge is -2.01. The van der Waals surface area contributed by atoms with Crippen LogP contribution in [0.2, 0.25) is 0 Å². The molecule has 0 aliphatic heterocycles. The van der Waals surface area contributed by atoms with Crippen LogP contribution in [0.1, 0.15) is 17.3 Å². The van der Waals surface area contributed by atoms with Crippen molar-refractivity contribution in [2.75, 3.05) is 5.32 Å². The molecule has 19 heavy (non-hydrogen) atoms. The number of carbonyl (C=O) groups excluding carboxylic acids is 1. The number of aryl methyl sites for hydroxylation is 1. The van der Waals surface area contributed by atoms with Crippen LogP contribution in [-0.2, 0) is 6.54 Å². The number of carbonyl (C=O) groups is 1. The van der Waals surface area contributed by atoms with Crippen molar-refractivity contribution in [1.29, 1.82) is 0 Å². The first-order valence-electron chi connectivity index (χ1n) is 6.18. The summed E-state index contributed by atoms with van der Waals surface area (Å²) in [5.41, 5.74) is 2.35.